The van der Waals surface area contributed by atoms with Crippen molar-refractivity contribution >= 4 is 27.7 Å². The van der Waals surface area contributed by atoms with E-state index in [0.717, 1.165) is 27.1 Å². The number of benzene rings is 1. The van der Waals surface area contributed by atoms with Gasteiger partial charge >= 0.3 is 5.97 Å². The molecule has 0 fully saturated rings. The van der Waals surface area contributed by atoms with Crippen molar-refractivity contribution in [2.24, 2.45) is 0 Å². The lowest BCUT2D eigenvalue weighted by Gasteiger charge is -2.24. The van der Waals surface area contributed by atoms with Crippen LogP contribution in [0, 0.1) is 0 Å². The van der Waals surface area contributed by atoms with E-state index in [0.29, 0.717) is 17.1 Å². The topological polar surface area (TPSA) is 85.5 Å². The molecule has 2 aliphatic rings. The molecular formula is C16H14BrN3O4. The number of nitrogens with zero attached hydrogens (tertiary/aromatic N) is 1. The van der Waals surface area contributed by atoms with E-state index in [1.54, 1.807) is 20.4 Å². The van der Waals surface area contributed by atoms with Gasteiger partial charge < -0.3 is 19.5 Å². The molecule has 2 N–H and O–H groups in total. The van der Waals surface area contributed by atoms with Gasteiger partial charge in [0.1, 0.15) is 12.4 Å². The number of nitrogens with one attached hydrogen (secondary N) is 2. The van der Waals surface area contributed by atoms with Crippen LogP contribution in [0.1, 0.15) is 17.0 Å². The van der Waals surface area contributed by atoms with Crippen molar-refractivity contribution < 1.29 is 19.0 Å². The van der Waals surface area contributed by atoms with Gasteiger partial charge in [0.05, 0.1) is 36.2 Å². The number of H-pyrrole nitrogens is 1. The Bertz CT molecular complexity index is 874. The van der Waals surface area contributed by atoms with Crippen LogP contribution in [-0.4, -0.2) is 37.0 Å². The Hall–Kier alpha value is -2.48. The van der Waals surface area contributed by atoms with Gasteiger partial charge in [-0.15, -0.1) is 0 Å². The fourth-order valence-electron chi connectivity index (χ4n) is 3.18. The Labute approximate surface area is 146 Å². The first-order valence-corrected chi connectivity index (χ1v) is 8.05. The molecule has 0 spiro atoms. The highest BCUT2D eigenvalue weighted by molar-refractivity contribution is 9.10. The zero-order valence-corrected chi connectivity index (χ0v) is 14.6. The minimum Gasteiger partial charge on any atom is -0.493 e. The molecule has 0 saturated carbocycles. The van der Waals surface area contributed by atoms with Crippen LogP contribution in [0.5, 0.6) is 11.5 Å². The van der Waals surface area contributed by atoms with Gasteiger partial charge in [-0.3, -0.25) is 5.10 Å². The maximum absolute atomic E-state index is 12.3. The van der Waals surface area contributed by atoms with E-state index in [1.165, 1.54) is 0 Å². The lowest BCUT2D eigenvalue weighted by molar-refractivity contribution is -0.136. The van der Waals surface area contributed by atoms with Crippen LogP contribution in [0.15, 0.2) is 34.1 Å². The Kier molecular flexibility index (Phi) is 3.49. The zero-order chi connectivity index (χ0) is 16.8. The molecule has 24 heavy (non-hydrogen) atoms. The first-order chi connectivity index (χ1) is 11.6. The van der Waals surface area contributed by atoms with Crippen LogP contribution in [0.2, 0.25) is 0 Å². The molecule has 1 atom stereocenters. The number of aromatic amines is 1. The van der Waals surface area contributed by atoms with E-state index in [-0.39, 0.29) is 18.5 Å². The number of halogens is 1. The smallest absolute Gasteiger partial charge is 0.337 e. The molecule has 7 nitrogen and oxygen atoms in total. The van der Waals surface area contributed by atoms with Gasteiger partial charge in [-0.05, 0) is 33.6 Å². The number of anilines is 1. The molecule has 2 aliphatic heterocycles. The monoisotopic (exact) mass is 391 g/mol. The molecular weight excluding hydrogens is 378 g/mol. The Morgan fingerprint density at radius 1 is 1.33 bits per heavy atom. The number of aromatic nitrogens is 2. The zero-order valence-electron chi connectivity index (χ0n) is 13.0. The molecule has 1 aromatic heterocycles. The number of ether oxygens (including phenoxy) is 3. The number of hydrogen-bond donors (Lipinski definition) is 2. The summed E-state index contributed by atoms with van der Waals surface area (Å²) in [6, 6.07) is 3.79. The Morgan fingerprint density at radius 3 is 2.92 bits per heavy atom. The van der Waals surface area contributed by atoms with Crippen molar-refractivity contribution in [3.05, 3.63) is 45.2 Å². The lowest BCUT2D eigenvalue weighted by Crippen LogP contribution is -2.19. The minimum atomic E-state index is -0.319. The summed E-state index contributed by atoms with van der Waals surface area (Å²) >= 11 is 3.51. The summed E-state index contributed by atoms with van der Waals surface area (Å²) in [6.07, 6.45) is 1.72. The van der Waals surface area contributed by atoms with Gasteiger partial charge in [-0.25, -0.2) is 4.79 Å². The summed E-state index contributed by atoms with van der Waals surface area (Å²) in [5.74, 6) is 1.34. The number of fused-ring (bicyclic) bond motifs is 1. The van der Waals surface area contributed by atoms with Gasteiger partial charge in [-0.1, -0.05) is 0 Å². The molecule has 4 rings (SSSR count). The second kappa shape index (κ2) is 5.55. The lowest BCUT2D eigenvalue weighted by atomic mass is 9.83. The average Bonchev–Trinajstić information content (AvgIpc) is 3.19. The van der Waals surface area contributed by atoms with Crippen molar-refractivity contribution in [3.8, 4) is 11.5 Å². The first kappa shape index (κ1) is 15.1. The molecule has 0 amide bonds. The number of esters is 1. The van der Waals surface area contributed by atoms with Gasteiger partial charge in [0, 0.05) is 11.5 Å². The highest BCUT2D eigenvalue weighted by atomic mass is 79.9. The largest absolute Gasteiger partial charge is 0.493 e. The molecule has 0 radical (unpaired) electrons. The van der Waals surface area contributed by atoms with Crippen molar-refractivity contribution in [2.45, 2.75) is 5.92 Å². The molecule has 3 heterocycles. The molecule has 0 aliphatic carbocycles. The fourth-order valence-corrected chi connectivity index (χ4v) is 3.81. The Balaban J connectivity index is 1.92. The van der Waals surface area contributed by atoms with Crippen molar-refractivity contribution in [1.82, 2.24) is 10.2 Å². The normalized spacial score (nSPS) is 18.6. The van der Waals surface area contributed by atoms with Crippen LogP contribution in [0.4, 0.5) is 5.82 Å². The summed E-state index contributed by atoms with van der Waals surface area (Å²) in [7, 11) is 3.16. The van der Waals surface area contributed by atoms with Crippen LogP contribution in [-0.2, 0) is 9.53 Å². The van der Waals surface area contributed by atoms with Gasteiger partial charge in [0.15, 0.2) is 11.5 Å². The Morgan fingerprint density at radius 2 is 2.17 bits per heavy atom. The molecule has 2 aromatic rings. The fraction of sp³-hybridized carbons (Fsp3) is 0.250. The first-order valence-electron chi connectivity index (χ1n) is 7.26. The predicted molar refractivity (Wildman–Crippen MR) is 89.3 cm³/mol. The van der Waals surface area contributed by atoms with Crippen molar-refractivity contribution in [2.75, 3.05) is 26.1 Å². The van der Waals surface area contributed by atoms with E-state index < -0.39 is 0 Å². The van der Waals surface area contributed by atoms with Crippen LogP contribution in [0.3, 0.4) is 0 Å². The van der Waals surface area contributed by atoms with E-state index in [4.69, 9.17) is 14.2 Å². The average molecular weight is 392 g/mol. The van der Waals surface area contributed by atoms with E-state index >= 15 is 0 Å². The second-order valence-corrected chi connectivity index (χ2v) is 6.32. The summed E-state index contributed by atoms with van der Waals surface area (Å²) in [6.45, 7) is 0.234. The number of carbonyl (C=O) groups excluding carboxylic acids is 1. The van der Waals surface area contributed by atoms with Crippen molar-refractivity contribution in [3.63, 3.8) is 0 Å². The quantitative estimate of drug-likeness (QED) is 0.782. The van der Waals surface area contributed by atoms with Crippen molar-refractivity contribution in [1.29, 1.82) is 0 Å². The summed E-state index contributed by atoms with van der Waals surface area (Å²) in [4.78, 5) is 12.3. The van der Waals surface area contributed by atoms with E-state index in [2.05, 4.69) is 31.4 Å². The number of carbonyl (C=O) groups is 1. The predicted octanol–water partition coefficient (Wildman–Crippen LogP) is 2.56. The highest BCUT2D eigenvalue weighted by Gasteiger charge is 2.39. The van der Waals surface area contributed by atoms with Gasteiger partial charge in [-0.2, -0.15) is 5.10 Å². The second-order valence-electron chi connectivity index (χ2n) is 5.46. The van der Waals surface area contributed by atoms with Crippen LogP contribution < -0.4 is 14.8 Å². The number of cyclic esters (lactones) is 1. The molecule has 124 valence electrons. The number of rotatable bonds is 3. The SMILES string of the molecule is COc1cc(C2C3=C(COC3=O)Nc3[nH]ncc32)cc(Br)c1OC. The third kappa shape index (κ3) is 2.10. The molecule has 8 heteroatoms. The maximum atomic E-state index is 12.3. The maximum Gasteiger partial charge on any atom is 0.337 e. The van der Waals surface area contributed by atoms with Gasteiger partial charge in [0.25, 0.3) is 0 Å². The summed E-state index contributed by atoms with van der Waals surface area (Å²) in [5.41, 5.74) is 3.12. The molecule has 1 aromatic carbocycles. The standard InChI is InChI=1S/C16H14BrN3O4/c1-22-11-4-7(3-9(17)14(11)23-2)12-8-5-18-20-15(8)19-10-6-24-16(21)13(10)12/h3-5,12H,6H2,1-2H3,(H2,18,19,20). The van der Waals surface area contributed by atoms with Crippen LogP contribution in [0.25, 0.3) is 0 Å². The van der Waals surface area contributed by atoms with E-state index in [1.807, 2.05) is 12.1 Å². The summed E-state index contributed by atoms with van der Waals surface area (Å²) in [5, 5.41) is 10.2. The minimum absolute atomic E-state index is 0.234. The highest BCUT2D eigenvalue weighted by Crippen LogP contribution is 2.46. The number of hydrogen-bond acceptors (Lipinski definition) is 6. The molecule has 0 bridgehead atoms. The van der Waals surface area contributed by atoms with E-state index in [9.17, 15) is 4.79 Å². The van der Waals surface area contributed by atoms with Crippen LogP contribution >= 0.6 is 15.9 Å². The third-order valence-corrected chi connectivity index (χ3v) is 4.82. The molecule has 1 unspecified atom stereocenters. The third-order valence-electron chi connectivity index (χ3n) is 4.23. The van der Waals surface area contributed by atoms with Gasteiger partial charge in [0.2, 0.25) is 0 Å². The summed E-state index contributed by atoms with van der Waals surface area (Å²) < 4.78 is 16.7. The number of methoxy groups -OCH3 is 2. The molecule has 0 saturated heterocycles.